The number of imidazole rings is 1. The Morgan fingerprint density at radius 2 is 1.64 bits per heavy atom. The van der Waals surface area contributed by atoms with Crippen molar-refractivity contribution in [1.29, 1.82) is 0 Å². The van der Waals surface area contributed by atoms with E-state index in [1.165, 1.54) is 40.8 Å². The summed E-state index contributed by atoms with van der Waals surface area (Å²) in [6, 6.07) is 17.7. The van der Waals surface area contributed by atoms with Crippen LogP contribution in [0.3, 0.4) is 0 Å². The molecular formula is C32H37N5O2. The predicted octanol–water partition coefficient (Wildman–Crippen LogP) is 6.75. The highest BCUT2D eigenvalue weighted by Gasteiger charge is 2.34. The van der Waals surface area contributed by atoms with E-state index in [1.807, 2.05) is 33.2 Å². The first kappa shape index (κ1) is 25.6. The number of carbonyl (C=O) groups excluding carboxylic acids is 1. The lowest BCUT2D eigenvalue weighted by molar-refractivity contribution is 0.0218. The van der Waals surface area contributed by atoms with Crippen LogP contribution in [0.1, 0.15) is 70.3 Å². The van der Waals surface area contributed by atoms with Crippen LogP contribution in [0.25, 0.3) is 28.0 Å². The van der Waals surface area contributed by atoms with Crippen LogP contribution in [-0.4, -0.2) is 51.4 Å². The van der Waals surface area contributed by atoms with Crippen LogP contribution in [0.4, 0.5) is 4.79 Å². The molecule has 2 N–H and O–H groups in total. The van der Waals surface area contributed by atoms with Gasteiger partial charge in [0.25, 0.3) is 0 Å². The summed E-state index contributed by atoms with van der Waals surface area (Å²) in [5, 5.41) is 3.56. The number of nitrogens with one attached hydrogen (secondary N) is 2. The highest BCUT2D eigenvalue weighted by atomic mass is 16.6. The number of ether oxygens (including phenoxy) is 1. The number of H-pyrrole nitrogens is 1. The molecule has 2 atom stereocenters. The Labute approximate surface area is 230 Å². The van der Waals surface area contributed by atoms with Gasteiger partial charge >= 0.3 is 6.09 Å². The number of aromatic amines is 1. The number of rotatable bonds is 5. The Morgan fingerprint density at radius 3 is 2.31 bits per heavy atom. The molecule has 202 valence electrons. The van der Waals surface area contributed by atoms with Gasteiger partial charge in [-0.1, -0.05) is 48.5 Å². The third kappa shape index (κ3) is 5.55. The lowest BCUT2D eigenvalue weighted by Crippen LogP contribution is -2.36. The van der Waals surface area contributed by atoms with Gasteiger partial charge in [0.05, 0.1) is 17.9 Å². The van der Waals surface area contributed by atoms with E-state index in [0.29, 0.717) is 12.6 Å². The maximum Gasteiger partial charge on any atom is 0.410 e. The van der Waals surface area contributed by atoms with E-state index in [1.54, 1.807) is 4.90 Å². The third-order valence-corrected chi connectivity index (χ3v) is 7.80. The van der Waals surface area contributed by atoms with Crippen molar-refractivity contribution in [2.75, 3.05) is 13.1 Å². The number of hydrogen-bond acceptors (Lipinski definition) is 5. The SMILES string of the molecule is CC(C)(C)OC(=O)N1CCC[C@H]1c1ncc(-c2ccc(-c3ccc(C4=CN=C([C@@H]5CCCN5)C4)cc3)cc2)[nH]1. The van der Waals surface area contributed by atoms with E-state index in [9.17, 15) is 4.79 Å². The number of carbonyl (C=O) groups is 1. The van der Waals surface area contributed by atoms with Crippen molar-refractivity contribution in [3.63, 3.8) is 0 Å². The van der Waals surface area contributed by atoms with Crippen molar-refractivity contribution in [2.24, 2.45) is 4.99 Å². The molecule has 2 saturated heterocycles. The van der Waals surface area contributed by atoms with Gasteiger partial charge in [0.15, 0.2) is 0 Å². The van der Waals surface area contributed by atoms with Gasteiger partial charge in [-0.05, 0) is 80.8 Å². The molecular weight excluding hydrogens is 486 g/mol. The molecule has 0 unspecified atom stereocenters. The molecule has 1 aromatic heterocycles. The lowest BCUT2D eigenvalue weighted by Gasteiger charge is -2.27. The molecule has 1 amide bonds. The molecule has 3 aromatic rings. The zero-order chi connectivity index (χ0) is 27.0. The average molecular weight is 524 g/mol. The predicted molar refractivity (Wildman–Crippen MR) is 155 cm³/mol. The fraction of sp³-hybridized carbons (Fsp3) is 0.406. The molecule has 0 saturated carbocycles. The zero-order valence-corrected chi connectivity index (χ0v) is 23.0. The van der Waals surface area contributed by atoms with Crippen LogP contribution in [0.5, 0.6) is 0 Å². The summed E-state index contributed by atoms with van der Waals surface area (Å²) >= 11 is 0. The second-order valence-electron chi connectivity index (χ2n) is 11.8. The molecule has 4 heterocycles. The fourth-order valence-corrected chi connectivity index (χ4v) is 5.77. The van der Waals surface area contributed by atoms with E-state index >= 15 is 0 Å². The normalized spacial score (nSPS) is 21.3. The summed E-state index contributed by atoms with van der Waals surface area (Å²) in [6.45, 7) is 7.47. The first-order valence-electron chi connectivity index (χ1n) is 14.1. The Kier molecular flexibility index (Phi) is 6.85. The molecule has 0 spiro atoms. The first-order valence-corrected chi connectivity index (χ1v) is 14.1. The number of nitrogens with zero attached hydrogens (tertiary/aromatic N) is 3. The molecule has 3 aliphatic heterocycles. The van der Waals surface area contributed by atoms with Crippen LogP contribution in [0, 0.1) is 0 Å². The van der Waals surface area contributed by atoms with E-state index in [4.69, 9.17) is 9.73 Å². The van der Waals surface area contributed by atoms with E-state index < -0.39 is 5.60 Å². The van der Waals surface area contributed by atoms with Gasteiger partial charge in [0, 0.05) is 30.9 Å². The minimum absolute atomic E-state index is 0.0859. The van der Waals surface area contributed by atoms with E-state index in [0.717, 1.165) is 42.9 Å². The molecule has 0 radical (unpaired) electrons. The second kappa shape index (κ2) is 10.5. The molecule has 2 aromatic carbocycles. The van der Waals surface area contributed by atoms with E-state index in [-0.39, 0.29) is 12.1 Å². The summed E-state index contributed by atoms with van der Waals surface area (Å²) in [4.78, 5) is 27.3. The van der Waals surface area contributed by atoms with Crippen molar-refractivity contribution in [2.45, 2.75) is 70.6 Å². The number of likely N-dealkylation sites (tertiary alicyclic amines) is 1. The largest absolute Gasteiger partial charge is 0.444 e. The summed E-state index contributed by atoms with van der Waals surface area (Å²) in [5.41, 5.74) is 7.67. The van der Waals surface area contributed by atoms with Crippen molar-refractivity contribution < 1.29 is 9.53 Å². The number of allylic oxidation sites excluding steroid dienone is 1. The highest BCUT2D eigenvalue weighted by Crippen LogP contribution is 2.34. The van der Waals surface area contributed by atoms with Gasteiger partial charge in [-0.3, -0.25) is 9.89 Å². The smallest absolute Gasteiger partial charge is 0.410 e. The van der Waals surface area contributed by atoms with Crippen molar-refractivity contribution in [3.8, 4) is 22.4 Å². The summed E-state index contributed by atoms with van der Waals surface area (Å²) in [5.74, 6) is 0.810. The topological polar surface area (TPSA) is 82.6 Å². The summed E-state index contributed by atoms with van der Waals surface area (Å²) < 4.78 is 5.62. The Morgan fingerprint density at radius 1 is 0.949 bits per heavy atom. The molecule has 39 heavy (non-hydrogen) atoms. The number of aliphatic imine (C=N–C) groups is 1. The third-order valence-electron chi connectivity index (χ3n) is 7.80. The number of amides is 1. The lowest BCUT2D eigenvalue weighted by atomic mass is 9.96. The highest BCUT2D eigenvalue weighted by molar-refractivity contribution is 6.01. The van der Waals surface area contributed by atoms with Crippen molar-refractivity contribution >= 4 is 17.4 Å². The maximum absolute atomic E-state index is 12.7. The van der Waals surface area contributed by atoms with Crippen LogP contribution >= 0.6 is 0 Å². The minimum atomic E-state index is -0.515. The quantitative estimate of drug-likeness (QED) is 0.387. The van der Waals surface area contributed by atoms with Gasteiger partial charge < -0.3 is 15.0 Å². The van der Waals surface area contributed by atoms with Crippen molar-refractivity contribution in [1.82, 2.24) is 20.2 Å². The van der Waals surface area contributed by atoms with E-state index in [2.05, 4.69) is 63.8 Å². The monoisotopic (exact) mass is 523 g/mol. The number of hydrogen-bond donors (Lipinski definition) is 2. The fourth-order valence-electron chi connectivity index (χ4n) is 5.77. The molecule has 7 nitrogen and oxygen atoms in total. The van der Waals surface area contributed by atoms with Gasteiger partial charge in [-0.15, -0.1) is 0 Å². The van der Waals surface area contributed by atoms with Gasteiger partial charge in [0.2, 0.25) is 0 Å². The summed E-state index contributed by atoms with van der Waals surface area (Å²) in [7, 11) is 0. The van der Waals surface area contributed by atoms with Crippen molar-refractivity contribution in [3.05, 3.63) is 72.3 Å². The minimum Gasteiger partial charge on any atom is -0.444 e. The van der Waals surface area contributed by atoms with Crippen LogP contribution in [-0.2, 0) is 4.74 Å². The Hall–Kier alpha value is -3.71. The second-order valence-corrected chi connectivity index (χ2v) is 11.8. The molecule has 2 fully saturated rings. The standard InChI is InChI=1S/C32H37N5O2/c1-32(2,3)39-31(38)37-17-5-7-29(37)30-35-20-28(36-30)24-14-12-22(13-15-24)21-8-10-23(11-9-21)25-18-27(34-19-25)26-6-4-16-33-26/h8-15,19-20,26,29,33H,4-7,16-18H2,1-3H3,(H,35,36)/t26-,29-/m0/s1. The van der Waals surface area contributed by atoms with Gasteiger partial charge in [0.1, 0.15) is 11.4 Å². The van der Waals surface area contributed by atoms with Crippen LogP contribution < -0.4 is 5.32 Å². The number of benzene rings is 2. The van der Waals surface area contributed by atoms with Gasteiger partial charge in [-0.2, -0.15) is 0 Å². The maximum atomic E-state index is 12.7. The zero-order valence-electron chi connectivity index (χ0n) is 23.0. The molecule has 0 aliphatic carbocycles. The van der Waals surface area contributed by atoms with Crippen LogP contribution in [0.2, 0.25) is 0 Å². The van der Waals surface area contributed by atoms with Gasteiger partial charge in [-0.25, -0.2) is 9.78 Å². The summed E-state index contributed by atoms with van der Waals surface area (Å²) in [6.07, 6.45) is 8.81. The molecule has 0 bridgehead atoms. The average Bonchev–Trinajstić information content (AvgIpc) is 3.74. The first-order chi connectivity index (χ1) is 18.8. The molecule has 3 aliphatic rings. The Balaban J connectivity index is 1.11. The number of aromatic nitrogens is 2. The molecule has 6 rings (SSSR count). The Bertz CT molecular complexity index is 1390. The molecule has 7 heteroatoms. The van der Waals surface area contributed by atoms with Crippen LogP contribution in [0.15, 0.2) is 65.9 Å².